The molecule has 1 aliphatic rings. The SMILES string of the molecule is COc1ccc(C(OC[C@H]2O[C@@H](n3ccc(=O)[nH]c3=O)[C@H](N(C)Cc3ccc4ccc5cccc6ccc3c4c56)[C@@H]2OP(OCCC#N)N(C(C)C)C(C)C)(c2ccccc2)c2ccc(OC)cc2)cc1. The van der Waals surface area contributed by atoms with Gasteiger partial charge in [0.1, 0.15) is 29.3 Å². The number of hydrogen-bond donors (Lipinski definition) is 1. The first-order chi connectivity index (χ1) is 34.4. The van der Waals surface area contributed by atoms with Crippen molar-refractivity contribution in [3.63, 3.8) is 0 Å². The second kappa shape index (κ2) is 21.5. The van der Waals surface area contributed by atoms with E-state index >= 15 is 0 Å². The quantitative estimate of drug-likeness (QED) is 0.0338. The minimum Gasteiger partial charge on any atom is -0.497 e. The van der Waals surface area contributed by atoms with Crippen LogP contribution in [-0.2, 0) is 30.7 Å². The van der Waals surface area contributed by atoms with Gasteiger partial charge < -0.3 is 28.0 Å². The Labute approximate surface area is 415 Å². The van der Waals surface area contributed by atoms with Crippen LogP contribution < -0.4 is 20.7 Å². The largest absolute Gasteiger partial charge is 0.497 e. The van der Waals surface area contributed by atoms with Gasteiger partial charge in [0.25, 0.3) is 14.1 Å². The van der Waals surface area contributed by atoms with Crippen LogP contribution >= 0.6 is 8.53 Å². The average molecular weight is 974 g/mol. The molecule has 14 heteroatoms. The fraction of sp³-hybridized carbons (Fsp3) is 0.316. The summed E-state index contributed by atoms with van der Waals surface area (Å²) in [4.78, 5) is 31.4. The molecule has 0 saturated carbocycles. The van der Waals surface area contributed by atoms with E-state index in [0.29, 0.717) is 18.0 Å². The monoisotopic (exact) mass is 973 g/mol. The van der Waals surface area contributed by atoms with Crippen molar-refractivity contribution in [2.75, 3.05) is 34.5 Å². The first kappa shape index (κ1) is 49.5. The maximum Gasteiger partial charge on any atom is 0.330 e. The summed E-state index contributed by atoms with van der Waals surface area (Å²) in [5.74, 6) is 1.37. The van der Waals surface area contributed by atoms with Crippen molar-refractivity contribution in [1.82, 2.24) is 19.1 Å². The molecule has 8 aromatic rings. The predicted molar refractivity (Wildman–Crippen MR) is 279 cm³/mol. The van der Waals surface area contributed by atoms with Gasteiger partial charge in [-0.1, -0.05) is 109 Å². The molecule has 5 atom stereocenters. The van der Waals surface area contributed by atoms with Crippen LogP contribution in [0.2, 0.25) is 0 Å². The Hall–Kier alpha value is -6.46. The summed E-state index contributed by atoms with van der Waals surface area (Å²) in [5, 5.41) is 16.7. The Morgan fingerprint density at radius 3 is 1.93 bits per heavy atom. The third kappa shape index (κ3) is 9.82. The first-order valence-electron chi connectivity index (χ1n) is 24.0. The minimum absolute atomic E-state index is 0.0120. The number of nitriles is 1. The van der Waals surface area contributed by atoms with Crippen LogP contribution in [0, 0.1) is 11.3 Å². The van der Waals surface area contributed by atoms with Crippen LogP contribution in [-0.4, -0.2) is 83.9 Å². The Bertz CT molecular complexity index is 3160. The molecule has 1 fully saturated rings. The van der Waals surface area contributed by atoms with Crippen LogP contribution in [0.3, 0.4) is 0 Å². The van der Waals surface area contributed by atoms with E-state index in [-0.39, 0.29) is 31.7 Å². The van der Waals surface area contributed by atoms with Gasteiger partial charge in [-0.25, -0.2) is 9.46 Å². The Morgan fingerprint density at radius 2 is 1.34 bits per heavy atom. The molecule has 2 heterocycles. The Morgan fingerprint density at radius 1 is 0.746 bits per heavy atom. The number of aromatic nitrogens is 2. The fourth-order valence-electron chi connectivity index (χ4n) is 10.3. The molecule has 1 N–H and O–H groups in total. The van der Waals surface area contributed by atoms with E-state index in [9.17, 15) is 14.9 Å². The number of methoxy groups -OCH3 is 2. The Balaban J connectivity index is 1.21. The summed E-state index contributed by atoms with van der Waals surface area (Å²) in [7, 11) is 3.43. The number of H-pyrrole nitrogens is 1. The molecular formula is C57H60N5O8P. The standard InChI is InChI=1S/C57H60N5O8P/c1-37(2)62(38(3)4)71(68-34-12-32-58)70-54-49(36-67-57(43-15-9-8-10-16-43,44-22-26-46(65-6)27-23-44)45-24-28-47(66-7)29-25-45)69-55(61-33-31-50(63)59-56(61)64)53(54)60(5)35-42-20-19-41-18-17-39-13-11-14-40-21-30-48(42)52(41)51(39)40/h8-11,13-31,33,37-38,49,53-55H,12,34-36H2,1-7H3,(H,59,63,64)/t49-,53-,54-,55-,71?/m1/s1. The highest BCUT2D eigenvalue weighted by atomic mass is 31.2. The van der Waals surface area contributed by atoms with Gasteiger partial charge in [0, 0.05) is 30.9 Å². The zero-order valence-corrected chi connectivity index (χ0v) is 42.0. The number of nitrogens with one attached hydrogen (secondary N) is 1. The molecule has 0 amide bonds. The molecule has 1 saturated heterocycles. The fourth-order valence-corrected chi connectivity index (χ4v) is 12.1. The minimum atomic E-state index is -1.85. The van der Waals surface area contributed by atoms with Gasteiger partial charge >= 0.3 is 5.69 Å². The van der Waals surface area contributed by atoms with Gasteiger partial charge in [0.05, 0.1) is 46.0 Å². The van der Waals surface area contributed by atoms with Gasteiger partial charge in [-0.3, -0.25) is 19.2 Å². The van der Waals surface area contributed by atoms with Crippen molar-refractivity contribution in [1.29, 1.82) is 5.26 Å². The molecule has 13 nitrogen and oxygen atoms in total. The van der Waals surface area contributed by atoms with E-state index in [4.69, 9.17) is 28.0 Å². The van der Waals surface area contributed by atoms with Crippen LogP contribution in [0.1, 0.15) is 62.6 Å². The van der Waals surface area contributed by atoms with Crippen LogP contribution in [0.4, 0.5) is 0 Å². The summed E-state index contributed by atoms with van der Waals surface area (Å²) >= 11 is 0. The van der Waals surface area contributed by atoms with Gasteiger partial charge in [0.15, 0.2) is 6.23 Å². The lowest BCUT2D eigenvalue weighted by atomic mass is 9.80. The molecular weight excluding hydrogens is 914 g/mol. The number of hydrogen-bond acceptors (Lipinski definition) is 11. The van der Waals surface area contributed by atoms with Crippen LogP contribution in [0.15, 0.2) is 155 Å². The van der Waals surface area contributed by atoms with Crippen molar-refractivity contribution in [2.24, 2.45) is 0 Å². The highest BCUT2D eigenvalue weighted by Gasteiger charge is 2.52. The third-order valence-electron chi connectivity index (χ3n) is 13.5. The smallest absolute Gasteiger partial charge is 0.330 e. The van der Waals surface area contributed by atoms with E-state index in [1.165, 1.54) is 38.4 Å². The molecule has 1 aromatic heterocycles. The number of likely N-dealkylation sites (N-methyl/N-ethyl adjacent to an activating group) is 1. The number of aromatic amines is 1. The maximum atomic E-state index is 14.1. The van der Waals surface area contributed by atoms with Crippen molar-refractivity contribution in [3.05, 3.63) is 189 Å². The summed E-state index contributed by atoms with van der Waals surface area (Å²) in [6.45, 7) is 8.91. The van der Waals surface area contributed by atoms with E-state index in [0.717, 1.165) is 33.0 Å². The third-order valence-corrected chi connectivity index (χ3v) is 15.6. The molecule has 1 unspecified atom stereocenters. The van der Waals surface area contributed by atoms with Crippen LogP contribution in [0.5, 0.6) is 11.5 Å². The van der Waals surface area contributed by atoms with Crippen molar-refractivity contribution >= 4 is 40.8 Å². The molecule has 7 aromatic carbocycles. The number of benzene rings is 7. The summed E-state index contributed by atoms with van der Waals surface area (Å²) in [6, 6.07) is 48.0. The van der Waals surface area contributed by atoms with Crippen LogP contribution in [0.25, 0.3) is 32.3 Å². The predicted octanol–water partition coefficient (Wildman–Crippen LogP) is 10.5. The number of ether oxygens (including phenoxy) is 4. The highest BCUT2D eigenvalue weighted by Crippen LogP contribution is 2.52. The van der Waals surface area contributed by atoms with E-state index in [1.807, 2.05) is 85.9 Å². The summed E-state index contributed by atoms with van der Waals surface area (Å²) < 4.78 is 43.7. The maximum absolute atomic E-state index is 14.1. The average Bonchev–Trinajstić information content (AvgIpc) is 3.73. The highest BCUT2D eigenvalue weighted by molar-refractivity contribution is 7.44. The van der Waals surface area contributed by atoms with Gasteiger partial charge in [-0.2, -0.15) is 5.26 Å². The molecule has 0 radical (unpaired) electrons. The second-order valence-electron chi connectivity index (χ2n) is 18.5. The lowest BCUT2D eigenvalue weighted by Gasteiger charge is -2.40. The van der Waals surface area contributed by atoms with Gasteiger partial charge in [-0.05, 0) is 114 Å². The Kier molecular flexibility index (Phi) is 15.0. The van der Waals surface area contributed by atoms with E-state index < -0.39 is 49.9 Å². The topological polar surface area (TPSA) is 141 Å². The van der Waals surface area contributed by atoms with E-state index in [1.54, 1.807) is 14.2 Å². The van der Waals surface area contributed by atoms with E-state index in [2.05, 4.69) is 103 Å². The van der Waals surface area contributed by atoms with Crippen molar-refractivity contribution < 1.29 is 28.0 Å². The molecule has 0 bridgehead atoms. The molecule has 9 rings (SSSR count). The van der Waals surface area contributed by atoms with Gasteiger partial charge in [0.2, 0.25) is 0 Å². The summed E-state index contributed by atoms with van der Waals surface area (Å²) in [5.41, 5.74) is 1.21. The normalized spacial score (nSPS) is 17.8. The number of nitrogens with zero attached hydrogens (tertiary/aromatic N) is 4. The summed E-state index contributed by atoms with van der Waals surface area (Å²) in [6.07, 6.45) is -1.02. The molecule has 71 heavy (non-hydrogen) atoms. The lowest BCUT2D eigenvalue weighted by Crippen LogP contribution is -2.49. The lowest BCUT2D eigenvalue weighted by molar-refractivity contribution is -0.0936. The molecule has 1 aliphatic heterocycles. The van der Waals surface area contributed by atoms with Gasteiger partial charge in [-0.15, -0.1) is 0 Å². The molecule has 0 spiro atoms. The zero-order chi connectivity index (χ0) is 49.8. The second-order valence-corrected chi connectivity index (χ2v) is 19.9. The number of rotatable bonds is 20. The molecule has 366 valence electrons. The van der Waals surface area contributed by atoms with Crippen molar-refractivity contribution in [3.8, 4) is 17.6 Å². The van der Waals surface area contributed by atoms with Crippen molar-refractivity contribution in [2.45, 2.75) is 82.8 Å². The first-order valence-corrected chi connectivity index (χ1v) is 25.1. The molecule has 0 aliphatic carbocycles. The zero-order valence-electron chi connectivity index (χ0n) is 41.2.